The van der Waals surface area contributed by atoms with Crippen molar-refractivity contribution in [1.82, 2.24) is 5.32 Å². The summed E-state index contributed by atoms with van der Waals surface area (Å²) in [5.74, 6) is -0.282. The molecule has 0 bridgehead atoms. The van der Waals surface area contributed by atoms with Crippen molar-refractivity contribution in [2.24, 2.45) is 5.73 Å². The van der Waals surface area contributed by atoms with E-state index in [1.165, 1.54) is 12.1 Å². The number of urea groups is 1. The summed E-state index contributed by atoms with van der Waals surface area (Å²) in [5, 5.41) is 15.5. The summed E-state index contributed by atoms with van der Waals surface area (Å²) in [6, 6.07) is 3.62. The Balaban J connectivity index is 1.80. The van der Waals surface area contributed by atoms with Gasteiger partial charge in [-0.25, -0.2) is 13.2 Å². The second-order valence-corrected chi connectivity index (χ2v) is 8.69. The van der Waals surface area contributed by atoms with Gasteiger partial charge in [-0.2, -0.15) is 0 Å². The number of carbonyl (C=O) groups excluding carboxylic acids is 1. The molecule has 5 N–H and O–H groups in total. The number of fused-ring (bicyclic) bond motifs is 1. The molecular weight excluding hydrogens is 394 g/mol. The number of rotatable bonds is 5. The van der Waals surface area contributed by atoms with Crippen molar-refractivity contribution in [3.05, 3.63) is 40.8 Å². The summed E-state index contributed by atoms with van der Waals surface area (Å²) >= 11 is 5.94. The Morgan fingerprint density at radius 1 is 1.37 bits per heavy atom. The maximum Gasteiger partial charge on any atom is 0.319 e. The van der Waals surface area contributed by atoms with Gasteiger partial charge in [-0.3, -0.25) is 0 Å². The van der Waals surface area contributed by atoms with Gasteiger partial charge in [0.1, 0.15) is 10.7 Å². The zero-order valence-corrected chi connectivity index (χ0v) is 15.9. The molecule has 1 unspecified atom stereocenters. The fourth-order valence-electron chi connectivity index (χ4n) is 3.14. The molecule has 146 valence electrons. The van der Waals surface area contributed by atoms with Gasteiger partial charge < -0.3 is 25.9 Å². The van der Waals surface area contributed by atoms with E-state index in [1.54, 1.807) is 6.26 Å². The largest absolute Gasteiger partial charge is 0.504 e. The number of halogens is 1. The smallest absolute Gasteiger partial charge is 0.319 e. The first-order valence-corrected chi connectivity index (χ1v) is 10.4. The minimum atomic E-state index is -3.88. The van der Waals surface area contributed by atoms with Crippen LogP contribution in [0.3, 0.4) is 0 Å². The lowest BCUT2D eigenvalue weighted by Gasteiger charge is -2.22. The van der Waals surface area contributed by atoms with Gasteiger partial charge in [0.05, 0.1) is 28.8 Å². The number of hydrogen-bond donors (Lipinski definition) is 4. The predicted molar refractivity (Wildman–Crippen MR) is 101 cm³/mol. The van der Waals surface area contributed by atoms with Crippen molar-refractivity contribution in [1.29, 1.82) is 0 Å². The van der Waals surface area contributed by atoms with Crippen LogP contribution in [0, 0.1) is 0 Å². The monoisotopic (exact) mass is 413 g/mol. The maximum atomic E-state index is 12.4. The van der Waals surface area contributed by atoms with Crippen LogP contribution in [-0.2, 0) is 16.3 Å². The number of aromatic hydroxyl groups is 1. The topological polar surface area (TPSA) is 135 Å². The summed E-state index contributed by atoms with van der Waals surface area (Å²) < 4.78 is 30.0. The van der Waals surface area contributed by atoms with E-state index in [-0.39, 0.29) is 29.0 Å². The maximum absolute atomic E-state index is 12.4. The predicted octanol–water partition coefficient (Wildman–Crippen LogP) is 2.57. The molecule has 27 heavy (non-hydrogen) atoms. The molecule has 1 aromatic heterocycles. The molecule has 2 amide bonds. The lowest BCUT2D eigenvalue weighted by atomic mass is 9.94. The van der Waals surface area contributed by atoms with Crippen LogP contribution in [0.15, 0.2) is 33.8 Å². The highest BCUT2D eigenvalue weighted by atomic mass is 35.5. The summed E-state index contributed by atoms with van der Waals surface area (Å²) in [6.07, 6.45) is 4.11. The van der Waals surface area contributed by atoms with E-state index in [0.717, 1.165) is 24.8 Å². The first-order valence-electron chi connectivity index (χ1n) is 8.41. The minimum Gasteiger partial charge on any atom is -0.504 e. The molecule has 1 aromatic carbocycles. The van der Waals surface area contributed by atoms with Crippen molar-refractivity contribution >= 4 is 33.2 Å². The Hall–Kier alpha value is -2.23. The third-order valence-electron chi connectivity index (χ3n) is 4.37. The molecule has 10 heteroatoms. The molecular formula is C17H20ClN3O5S. The molecule has 0 fully saturated rings. The average molecular weight is 414 g/mol. The number of amides is 2. The zero-order chi connectivity index (χ0) is 19.6. The zero-order valence-electron chi connectivity index (χ0n) is 14.4. The van der Waals surface area contributed by atoms with Gasteiger partial charge in [-0.15, -0.1) is 0 Å². The van der Waals surface area contributed by atoms with E-state index >= 15 is 0 Å². The number of nitrogens with two attached hydrogens (primary N) is 1. The number of anilines is 1. The Labute approximate surface area is 161 Å². The van der Waals surface area contributed by atoms with Crippen molar-refractivity contribution < 1.29 is 22.7 Å². The Morgan fingerprint density at radius 2 is 2.15 bits per heavy atom. The van der Waals surface area contributed by atoms with Gasteiger partial charge in [-0.05, 0) is 43.0 Å². The van der Waals surface area contributed by atoms with Gasteiger partial charge in [0, 0.05) is 6.54 Å². The number of benzene rings is 1. The molecule has 3 rings (SSSR count). The second kappa shape index (κ2) is 7.79. The Morgan fingerprint density at radius 3 is 2.89 bits per heavy atom. The number of aryl methyl sites for hydroxylation is 1. The molecule has 1 heterocycles. The SMILES string of the molecule is NCCS(=O)(=O)c1c(Cl)ccc(NC(=O)NC2CCCc3ccoc32)c1O. The summed E-state index contributed by atoms with van der Waals surface area (Å²) in [5.41, 5.74) is 6.30. The summed E-state index contributed by atoms with van der Waals surface area (Å²) in [6.45, 7) is -0.122. The van der Waals surface area contributed by atoms with Crippen molar-refractivity contribution in [3.8, 4) is 5.75 Å². The number of nitrogens with one attached hydrogen (secondary N) is 2. The quantitative estimate of drug-likeness (QED) is 0.556. The van der Waals surface area contributed by atoms with Crippen molar-refractivity contribution in [2.75, 3.05) is 17.6 Å². The van der Waals surface area contributed by atoms with Gasteiger partial charge in [0.15, 0.2) is 15.6 Å². The van der Waals surface area contributed by atoms with Gasteiger partial charge in [0.2, 0.25) is 0 Å². The van der Waals surface area contributed by atoms with Crippen LogP contribution in [-0.4, -0.2) is 31.9 Å². The number of phenolic OH excluding ortho intramolecular Hbond substituents is 1. The third-order valence-corrected chi connectivity index (χ3v) is 6.61. The van der Waals surface area contributed by atoms with Gasteiger partial charge in [-0.1, -0.05) is 11.6 Å². The number of carbonyl (C=O) groups is 1. The lowest BCUT2D eigenvalue weighted by Crippen LogP contribution is -2.34. The Kier molecular flexibility index (Phi) is 5.64. The molecule has 1 aliphatic carbocycles. The first kappa shape index (κ1) is 19.5. The molecule has 1 atom stereocenters. The number of furan rings is 1. The summed E-state index contributed by atoms with van der Waals surface area (Å²) in [7, 11) is -3.88. The average Bonchev–Trinajstić information content (AvgIpc) is 3.07. The van der Waals surface area contributed by atoms with Crippen LogP contribution >= 0.6 is 11.6 Å². The van der Waals surface area contributed by atoms with Crippen LogP contribution in [0.4, 0.5) is 10.5 Å². The fraction of sp³-hybridized carbons (Fsp3) is 0.353. The van der Waals surface area contributed by atoms with Crippen LogP contribution in [0.1, 0.15) is 30.2 Å². The molecule has 0 saturated carbocycles. The van der Waals surface area contributed by atoms with E-state index < -0.39 is 26.5 Å². The molecule has 1 aliphatic rings. The second-order valence-electron chi connectivity index (χ2n) is 6.23. The van der Waals surface area contributed by atoms with Gasteiger partial charge >= 0.3 is 6.03 Å². The van der Waals surface area contributed by atoms with E-state index in [1.807, 2.05) is 6.07 Å². The first-order chi connectivity index (χ1) is 12.8. The normalized spacial score (nSPS) is 16.6. The van der Waals surface area contributed by atoms with Crippen LogP contribution < -0.4 is 16.4 Å². The molecule has 0 saturated heterocycles. The molecule has 0 radical (unpaired) electrons. The minimum absolute atomic E-state index is 0.0667. The standard InChI is InChI=1S/C17H20ClN3O5S/c18-11-4-5-12(14(22)16(11)27(24,25)9-7-19)20-17(23)21-13-3-1-2-10-6-8-26-15(10)13/h4-6,8,13,22H,1-3,7,9,19H2,(H2,20,21,23). The lowest BCUT2D eigenvalue weighted by molar-refractivity contribution is 0.244. The number of phenols is 1. The van der Waals surface area contributed by atoms with E-state index in [2.05, 4.69) is 10.6 Å². The summed E-state index contributed by atoms with van der Waals surface area (Å²) in [4.78, 5) is 11.9. The van der Waals surface area contributed by atoms with Crippen LogP contribution in [0.5, 0.6) is 5.75 Å². The van der Waals surface area contributed by atoms with E-state index in [4.69, 9.17) is 21.8 Å². The van der Waals surface area contributed by atoms with Crippen LogP contribution in [0.2, 0.25) is 5.02 Å². The highest BCUT2D eigenvalue weighted by Crippen LogP contribution is 2.37. The highest BCUT2D eigenvalue weighted by Gasteiger charge is 2.27. The van der Waals surface area contributed by atoms with Crippen LogP contribution in [0.25, 0.3) is 0 Å². The number of sulfone groups is 1. The highest BCUT2D eigenvalue weighted by molar-refractivity contribution is 7.91. The third kappa shape index (κ3) is 4.05. The molecule has 0 spiro atoms. The van der Waals surface area contributed by atoms with E-state index in [9.17, 15) is 18.3 Å². The molecule has 2 aromatic rings. The van der Waals surface area contributed by atoms with Crippen molar-refractivity contribution in [2.45, 2.75) is 30.2 Å². The van der Waals surface area contributed by atoms with Gasteiger partial charge in [0.25, 0.3) is 0 Å². The Bertz CT molecular complexity index is 957. The van der Waals surface area contributed by atoms with Crippen molar-refractivity contribution in [3.63, 3.8) is 0 Å². The fourth-order valence-corrected chi connectivity index (χ4v) is 4.93. The molecule has 8 nitrogen and oxygen atoms in total. The van der Waals surface area contributed by atoms with E-state index in [0.29, 0.717) is 5.76 Å². The molecule has 0 aliphatic heterocycles. The number of hydrogen-bond acceptors (Lipinski definition) is 6.